The molecule has 0 saturated carbocycles. The van der Waals surface area contributed by atoms with Gasteiger partial charge >= 0.3 is 0 Å². The maximum absolute atomic E-state index is 5.59. The van der Waals surface area contributed by atoms with Crippen LogP contribution in [0, 0.1) is 5.92 Å². The second-order valence-corrected chi connectivity index (χ2v) is 3.29. The Morgan fingerprint density at radius 3 is 3.17 bits per heavy atom. The summed E-state index contributed by atoms with van der Waals surface area (Å²) < 4.78 is 5.30. The van der Waals surface area contributed by atoms with Crippen LogP contribution in [0.3, 0.4) is 0 Å². The first-order valence-electron chi connectivity index (χ1n) is 4.38. The lowest BCUT2D eigenvalue weighted by Gasteiger charge is -2.13. The van der Waals surface area contributed by atoms with Gasteiger partial charge in [-0.25, -0.2) is 0 Å². The van der Waals surface area contributed by atoms with Crippen LogP contribution in [0.2, 0.25) is 0 Å². The average Bonchev–Trinajstić information content (AvgIpc) is 2.75. The number of hydrogen-bond acceptors (Lipinski definition) is 3. The molecule has 0 aliphatic carbocycles. The van der Waals surface area contributed by atoms with Crippen molar-refractivity contribution < 1.29 is 4.42 Å². The Morgan fingerprint density at radius 1 is 1.67 bits per heavy atom. The molecule has 1 aromatic heterocycles. The topological polar surface area (TPSA) is 42.4 Å². The number of nitrogens with two attached hydrogens (primary N) is 1. The zero-order valence-electron chi connectivity index (χ0n) is 7.07. The Labute approximate surface area is 72.1 Å². The Hall–Kier alpha value is -0.960. The molecule has 3 heteroatoms. The minimum absolute atomic E-state index is 0.648. The van der Waals surface area contributed by atoms with E-state index in [-0.39, 0.29) is 0 Å². The molecule has 1 aromatic rings. The molecular weight excluding hydrogens is 152 g/mol. The van der Waals surface area contributed by atoms with E-state index >= 15 is 0 Å². The van der Waals surface area contributed by atoms with E-state index in [0.717, 1.165) is 25.5 Å². The lowest BCUT2D eigenvalue weighted by molar-refractivity contribution is 0.548. The molecule has 1 atom stereocenters. The molecule has 1 aliphatic heterocycles. The van der Waals surface area contributed by atoms with Crippen LogP contribution < -0.4 is 10.6 Å². The Kier molecular flexibility index (Phi) is 2.04. The Bertz CT molecular complexity index is 233. The summed E-state index contributed by atoms with van der Waals surface area (Å²) in [6.45, 7) is 2.91. The monoisotopic (exact) mass is 166 g/mol. The highest BCUT2D eigenvalue weighted by atomic mass is 16.3. The third kappa shape index (κ3) is 1.32. The van der Waals surface area contributed by atoms with Gasteiger partial charge in [0.15, 0.2) is 5.88 Å². The van der Waals surface area contributed by atoms with Crippen molar-refractivity contribution >= 4 is 5.88 Å². The van der Waals surface area contributed by atoms with E-state index in [9.17, 15) is 0 Å². The van der Waals surface area contributed by atoms with Crippen LogP contribution in [-0.2, 0) is 0 Å². The molecule has 2 N–H and O–H groups in total. The summed E-state index contributed by atoms with van der Waals surface area (Å²) in [4.78, 5) is 2.25. The van der Waals surface area contributed by atoms with Crippen LogP contribution in [0.4, 0.5) is 5.88 Å². The van der Waals surface area contributed by atoms with Crippen molar-refractivity contribution in [1.82, 2.24) is 0 Å². The summed E-state index contributed by atoms with van der Waals surface area (Å²) in [5, 5.41) is 0. The molecule has 1 saturated heterocycles. The molecule has 0 amide bonds. The van der Waals surface area contributed by atoms with Crippen molar-refractivity contribution in [3.8, 4) is 0 Å². The average molecular weight is 166 g/mol. The van der Waals surface area contributed by atoms with Gasteiger partial charge in [0.25, 0.3) is 0 Å². The zero-order chi connectivity index (χ0) is 8.39. The van der Waals surface area contributed by atoms with Crippen LogP contribution in [0.15, 0.2) is 22.8 Å². The van der Waals surface area contributed by atoms with Crippen molar-refractivity contribution in [2.45, 2.75) is 6.42 Å². The van der Waals surface area contributed by atoms with E-state index < -0.39 is 0 Å². The lowest BCUT2D eigenvalue weighted by Crippen LogP contribution is -2.22. The van der Waals surface area contributed by atoms with Gasteiger partial charge in [-0.3, -0.25) is 0 Å². The molecule has 3 nitrogen and oxygen atoms in total. The van der Waals surface area contributed by atoms with Gasteiger partial charge in [0, 0.05) is 19.2 Å². The Balaban J connectivity index is 2.00. The second kappa shape index (κ2) is 3.19. The first kappa shape index (κ1) is 7.68. The molecule has 2 heterocycles. The molecule has 0 radical (unpaired) electrons. The second-order valence-electron chi connectivity index (χ2n) is 3.29. The minimum atomic E-state index is 0.648. The van der Waals surface area contributed by atoms with E-state index in [1.807, 2.05) is 12.1 Å². The van der Waals surface area contributed by atoms with Crippen LogP contribution in [0.25, 0.3) is 0 Å². The fourth-order valence-electron chi connectivity index (χ4n) is 1.68. The third-order valence-electron chi connectivity index (χ3n) is 2.44. The normalized spacial score (nSPS) is 23.4. The molecule has 1 unspecified atom stereocenters. The van der Waals surface area contributed by atoms with Gasteiger partial charge in [0.05, 0.1) is 6.26 Å². The van der Waals surface area contributed by atoms with Gasteiger partial charge in [0.2, 0.25) is 0 Å². The van der Waals surface area contributed by atoms with Crippen LogP contribution in [0.1, 0.15) is 6.42 Å². The van der Waals surface area contributed by atoms with Gasteiger partial charge < -0.3 is 15.1 Å². The molecule has 0 bridgehead atoms. The van der Waals surface area contributed by atoms with Gasteiger partial charge in [-0.15, -0.1) is 0 Å². The standard InChI is InChI=1S/C9H14N2O/c10-6-8-3-4-11(7-8)9-2-1-5-12-9/h1-2,5,8H,3-4,6-7,10H2. The summed E-state index contributed by atoms with van der Waals surface area (Å²) in [6, 6.07) is 3.92. The highest BCUT2D eigenvalue weighted by Crippen LogP contribution is 2.22. The summed E-state index contributed by atoms with van der Waals surface area (Å²) in [6.07, 6.45) is 2.91. The van der Waals surface area contributed by atoms with Crippen molar-refractivity contribution in [2.75, 3.05) is 24.5 Å². The largest absolute Gasteiger partial charge is 0.449 e. The lowest BCUT2D eigenvalue weighted by atomic mass is 10.1. The molecule has 0 aromatic carbocycles. The number of hydrogen-bond donors (Lipinski definition) is 1. The van der Waals surface area contributed by atoms with Crippen LogP contribution >= 0.6 is 0 Å². The van der Waals surface area contributed by atoms with E-state index in [1.54, 1.807) is 6.26 Å². The van der Waals surface area contributed by atoms with Crippen molar-refractivity contribution in [3.05, 3.63) is 18.4 Å². The molecule has 1 fully saturated rings. The molecule has 0 spiro atoms. The number of furan rings is 1. The van der Waals surface area contributed by atoms with Crippen molar-refractivity contribution in [3.63, 3.8) is 0 Å². The van der Waals surface area contributed by atoms with E-state index in [0.29, 0.717) is 5.92 Å². The highest BCUT2D eigenvalue weighted by Gasteiger charge is 2.22. The number of rotatable bonds is 2. The molecule has 66 valence electrons. The molecular formula is C9H14N2O. The summed E-state index contributed by atoms with van der Waals surface area (Å²) in [5.74, 6) is 1.63. The fourth-order valence-corrected chi connectivity index (χ4v) is 1.68. The predicted octanol–water partition coefficient (Wildman–Crippen LogP) is 1.06. The highest BCUT2D eigenvalue weighted by molar-refractivity contribution is 5.35. The minimum Gasteiger partial charge on any atom is -0.449 e. The molecule has 12 heavy (non-hydrogen) atoms. The molecule has 2 rings (SSSR count). The SMILES string of the molecule is NCC1CCN(c2ccco2)C1. The third-order valence-corrected chi connectivity index (χ3v) is 2.44. The first-order chi connectivity index (χ1) is 5.90. The summed E-state index contributed by atoms with van der Waals surface area (Å²) in [7, 11) is 0. The smallest absolute Gasteiger partial charge is 0.195 e. The first-order valence-corrected chi connectivity index (χ1v) is 4.38. The van der Waals surface area contributed by atoms with Crippen molar-refractivity contribution in [1.29, 1.82) is 0 Å². The van der Waals surface area contributed by atoms with E-state index in [4.69, 9.17) is 10.2 Å². The number of nitrogens with zero attached hydrogens (tertiary/aromatic N) is 1. The van der Waals surface area contributed by atoms with Gasteiger partial charge in [-0.2, -0.15) is 0 Å². The van der Waals surface area contributed by atoms with Gasteiger partial charge in [0.1, 0.15) is 0 Å². The maximum Gasteiger partial charge on any atom is 0.195 e. The number of anilines is 1. The quantitative estimate of drug-likeness (QED) is 0.714. The fraction of sp³-hybridized carbons (Fsp3) is 0.556. The summed E-state index contributed by atoms with van der Waals surface area (Å²) >= 11 is 0. The zero-order valence-corrected chi connectivity index (χ0v) is 7.07. The van der Waals surface area contributed by atoms with Gasteiger partial charge in [-0.1, -0.05) is 0 Å². The van der Waals surface area contributed by atoms with Gasteiger partial charge in [-0.05, 0) is 24.9 Å². The molecule has 1 aliphatic rings. The predicted molar refractivity (Wildman–Crippen MR) is 48.1 cm³/mol. The summed E-state index contributed by atoms with van der Waals surface area (Å²) in [5.41, 5.74) is 5.59. The van der Waals surface area contributed by atoms with E-state index in [2.05, 4.69) is 4.90 Å². The van der Waals surface area contributed by atoms with Crippen LogP contribution in [-0.4, -0.2) is 19.6 Å². The Morgan fingerprint density at radius 2 is 2.58 bits per heavy atom. The van der Waals surface area contributed by atoms with E-state index in [1.165, 1.54) is 6.42 Å². The maximum atomic E-state index is 5.59. The van der Waals surface area contributed by atoms with Crippen molar-refractivity contribution in [2.24, 2.45) is 11.7 Å². The van der Waals surface area contributed by atoms with Crippen LogP contribution in [0.5, 0.6) is 0 Å².